The molecule has 112 valence electrons. The molecular formula is C17H21ClN2O. The Morgan fingerprint density at radius 1 is 1.29 bits per heavy atom. The number of alkyl halides is 1. The third kappa shape index (κ3) is 3.73. The van der Waals surface area contributed by atoms with Gasteiger partial charge < -0.3 is 5.32 Å². The van der Waals surface area contributed by atoms with Gasteiger partial charge in [0.2, 0.25) is 0 Å². The average Bonchev–Trinajstić information content (AvgIpc) is 2.45. The highest BCUT2D eigenvalue weighted by Crippen LogP contribution is 2.23. The fraction of sp³-hybridized carbons (Fsp3) is 0.412. The van der Waals surface area contributed by atoms with Gasteiger partial charge in [-0.1, -0.05) is 39.0 Å². The van der Waals surface area contributed by atoms with Crippen molar-refractivity contribution in [2.24, 2.45) is 5.41 Å². The minimum atomic E-state index is -0.0707. The molecule has 1 atom stereocenters. The quantitative estimate of drug-likeness (QED) is 0.867. The monoisotopic (exact) mass is 304 g/mol. The maximum atomic E-state index is 12.6. The van der Waals surface area contributed by atoms with Gasteiger partial charge in [0, 0.05) is 23.5 Å². The van der Waals surface area contributed by atoms with E-state index in [9.17, 15) is 4.79 Å². The molecule has 0 spiro atoms. The number of amides is 1. The number of hydrogen-bond donors (Lipinski definition) is 1. The Morgan fingerprint density at radius 2 is 2.00 bits per heavy atom. The fourth-order valence-corrected chi connectivity index (χ4v) is 2.58. The molecule has 0 aliphatic rings. The molecule has 2 rings (SSSR count). The number of pyridine rings is 1. The average molecular weight is 305 g/mol. The predicted octanol–water partition coefficient (Wildman–Crippen LogP) is 4.01. The van der Waals surface area contributed by atoms with Gasteiger partial charge in [-0.25, -0.2) is 0 Å². The molecule has 3 nitrogen and oxygen atoms in total. The molecule has 0 saturated heterocycles. The third-order valence-electron chi connectivity index (χ3n) is 3.64. The standard InChI is InChI=1S/C17H21ClN2O/c1-17(2,3)15(8-10-18)20-16(21)13-9-11-19-14-7-5-4-6-12(13)14/h4-7,9,11,15H,8,10H2,1-3H3,(H,20,21). The Bertz CT molecular complexity index is 629. The first-order valence-electron chi connectivity index (χ1n) is 7.14. The number of nitrogens with zero attached hydrogens (tertiary/aromatic N) is 1. The van der Waals surface area contributed by atoms with Gasteiger partial charge in [0.25, 0.3) is 5.91 Å². The molecule has 2 aromatic rings. The molecule has 0 fully saturated rings. The van der Waals surface area contributed by atoms with Crippen LogP contribution in [0.3, 0.4) is 0 Å². The number of fused-ring (bicyclic) bond motifs is 1. The topological polar surface area (TPSA) is 42.0 Å². The smallest absolute Gasteiger partial charge is 0.252 e. The van der Waals surface area contributed by atoms with E-state index in [1.54, 1.807) is 12.3 Å². The van der Waals surface area contributed by atoms with Crippen molar-refractivity contribution in [1.29, 1.82) is 0 Å². The van der Waals surface area contributed by atoms with Crippen molar-refractivity contribution in [2.75, 3.05) is 5.88 Å². The van der Waals surface area contributed by atoms with Gasteiger partial charge in [0.1, 0.15) is 0 Å². The summed E-state index contributed by atoms with van der Waals surface area (Å²) in [6.07, 6.45) is 2.42. The van der Waals surface area contributed by atoms with Crippen molar-refractivity contribution in [3.8, 4) is 0 Å². The van der Waals surface area contributed by atoms with Crippen LogP contribution in [-0.2, 0) is 0 Å². The number of carbonyl (C=O) groups is 1. The molecule has 1 heterocycles. The van der Waals surface area contributed by atoms with Crippen LogP contribution < -0.4 is 5.32 Å². The molecule has 1 aromatic carbocycles. The van der Waals surface area contributed by atoms with E-state index in [1.807, 2.05) is 24.3 Å². The Morgan fingerprint density at radius 3 is 2.67 bits per heavy atom. The van der Waals surface area contributed by atoms with Crippen molar-refractivity contribution >= 4 is 28.4 Å². The van der Waals surface area contributed by atoms with Crippen LogP contribution in [0, 0.1) is 5.41 Å². The second kappa shape index (κ2) is 6.44. The van der Waals surface area contributed by atoms with E-state index in [1.165, 1.54) is 0 Å². The first-order chi connectivity index (χ1) is 9.93. The fourth-order valence-electron chi connectivity index (χ4n) is 2.36. The van der Waals surface area contributed by atoms with E-state index in [0.29, 0.717) is 11.4 Å². The lowest BCUT2D eigenvalue weighted by molar-refractivity contribution is 0.0902. The molecule has 1 unspecified atom stereocenters. The Kier molecular flexibility index (Phi) is 4.84. The summed E-state index contributed by atoms with van der Waals surface area (Å²) in [7, 11) is 0. The van der Waals surface area contributed by atoms with Gasteiger partial charge in [-0.2, -0.15) is 0 Å². The summed E-state index contributed by atoms with van der Waals surface area (Å²) in [5.74, 6) is 0.456. The van der Waals surface area contributed by atoms with E-state index in [-0.39, 0.29) is 17.4 Å². The van der Waals surface area contributed by atoms with Gasteiger partial charge in [-0.15, -0.1) is 11.6 Å². The van der Waals surface area contributed by atoms with Crippen molar-refractivity contribution in [1.82, 2.24) is 10.3 Å². The number of rotatable bonds is 4. The second-order valence-electron chi connectivity index (χ2n) is 6.25. The minimum Gasteiger partial charge on any atom is -0.349 e. The summed E-state index contributed by atoms with van der Waals surface area (Å²) in [6.45, 7) is 6.32. The summed E-state index contributed by atoms with van der Waals surface area (Å²) in [5.41, 5.74) is 1.45. The van der Waals surface area contributed by atoms with Crippen LogP contribution >= 0.6 is 11.6 Å². The van der Waals surface area contributed by atoms with Crippen LogP contribution in [-0.4, -0.2) is 22.8 Å². The van der Waals surface area contributed by atoms with Gasteiger partial charge in [0.05, 0.1) is 11.1 Å². The molecule has 0 saturated carbocycles. The summed E-state index contributed by atoms with van der Waals surface area (Å²) in [5, 5.41) is 3.99. The molecule has 21 heavy (non-hydrogen) atoms. The van der Waals surface area contributed by atoms with Crippen LogP contribution in [0.1, 0.15) is 37.6 Å². The lowest BCUT2D eigenvalue weighted by atomic mass is 9.85. The molecule has 0 radical (unpaired) electrons. The Hall–Kier alpha value is -1.61. The zero-order valence-corrected chi connectivity index (χ0v) is 13.4. The molecule has 0 bridgehead atoms. The van der Waals surface area contributed by atoms with E-state index in [0.717, 1.165) is 17.3 Å². The molecule has 1 aromatic heterocycles. The number of halogens is 1. The maximum absolute atomic E-state index is 12.6. The molecule has 1 N–H and O–H groups in total. The van der Waals surface area contributed by atoms with Crippen LogP contribution in [0.15, 0.2) is 36.5 Å². The number of nitrogens with one attached hydrogen (secondary N) is 1. The van der Waals surface area contributed by atoms with Crippen molar-refractivity contribution in [2.45, 2.75) is 33.2 Å². The highest BCUT2D eigenvalue weighted by molar-refractivity contribution is 6.17. The van der Waals surface area contributed by atoms with E-state index in [4.69, 9.17) is 11.6 Å². The minimum absolute atomic E-state index is 0.0343. The highest BCUT2D eigenvalue weighted by atomic mass is 35.5. The van der Waals surface area contributed by atoms with E-state index < -0.39 is 0 Å². The summed E-state index contributed by atoms with van der Waals surface area (Å²) >= 11 is 5.87. The number of hydrogen-bond acceptors (Lipinski definition) is 2. The van der Waals surface area contributed by atoms with Crippen LogP contribution in [0.4, 0.5) is 0 Å². The summed E-state index contributed by atoms with van der Waals surface area (Å²) < 4.78 is 0. The van der Waals surface area contributed by atoms with Crippen LogP contribution in [0.5, 0.6) is 0 Å². The van der Waals surface area contributed by atoms with Crippen molar-refractivity contribution in [3.63, 3.8) is 0 Å². The zero-order valence-electron chi connectivity index (χ0n) is 12.7. The third-order valence-corrected chi connectivity index (χ3v) is 3.86. The first kappa shape index (κ1) is 15.8. The number of carbonyl (C=O) groups excluding carboxylic acids is 1. The summed E-state index contributed by atoms with van der Waals surface area (Å²) in [6, 6.07) is 9.47. The molecule has 0 aliphatic carbocycles. The van der Waals surface area contributed by atoms with Crippen molar-refractivity contribution < 1.29 is 4.79 Å². The largest absolute Gasteiger partial charge is 0.349 e. The van der Waals surface area contributed by atoms with Gasteiger partial charge in [0.15, 0.2) is 0 Å². The van der Waals surface area contributed by atoms with Gasteiger partial charge >= 0.3 is 0 Å². The normalized spacial score (nSPS) is 13.1. The molecule has 1 amide bonds. The zero-order chi connectivity index (χ0) is 15.5. The summed E-state index contributed by atoms with van der Waals surface area (Å²) in [4.78, 5) is 16.9. The van der Waals surface area contributed by atoms with Gasteiger partial charge in [-0.3, -0.25) is 9.78 Å². The predicted molar refractivity (Wildman–Crippen MR) is 87.8 cm³/mol. The Labute approximate surface area is 130 Å². The number of benzene rings is 1. The number of aromatic nitrogens is 1. The molecular weight excluding hydrogens is 284 g/mol. The second-order valence-corrected chi connectivity index (χ2v) is 6.62. The van der Waals surface area contributed by atoms with Crippen molar-refractivity contribution in [3.05, 3.63) is 42.1 Å². The van der Waals surface area contributed by atoms with Crippen LogP contribution in [0.2, 0.25) is 0 Å². The Balaban J connectivity index is 2.30. The van der Waals surface area contributed by atoms with Crippen LogP contribution in [0.25, 0.3) is 10.9 Å². The number of para-hydroxylation sites is 1. The highest BCUT2D eigenvalue weighted by Gasteiger charge is 2.26. The lowest BCUT2D eigenvalue weighted by Crippen LogP contribution is -2.44. The first-order valence-corrected chi connectivity index (χ1v) is 7.67. The maximum Gasteiger partial charge on any atom is 0.252 e. The van der Waals surface area contributed by atoms with E-state index in [2.05, 4.69) is 31.1 Å². The van der Waals surface area contributed by atoms with E-state index >= 15 is 0 Å². The molecule has 0 aliphatic heterocycles. The van der Waals surface area contributed by atoms with Gasteiger partial charge in [-0.05, 0) is 24.0 Å². The molecule has 4 heteroatoms. The lowest BCUT2D eigenvalue weighted by Gasteiger charge is -2.31. The SMILES string of the molecule is CC(C)(C)C(CCCl)NC(=O)c1ccnc2ccccc12.